The molecule has 2 aliphatic rings. The third kappa shape index (κ3) is 4.53. The van der Waals surface area contributed by atoms with Gasteiger partial charge in [-0.3, -0.25) is 9.59 Å². The second-order valence-electron chi connectivity index (χ2n) is 4.26. The number of alkyl halides is 2. The van der Waals surface area contributed by atoms with Gasteiger partial charge in [-0.2, -0.15) is 0 Å². The zero-order valence-electron chi connectivity index (χ0n) is 9.60. The molecule has 0 aromatic rings. The SMILES string of the molecule is O=C(O)[C@@H]1C[C@@H](F)CN1.O=C(O)[C@H]1C[C@H](F)CN1. The smallest absolute Gasteiger partial charge is 0.320 e. The first-order chi connectivity index (χ1) is 8.40. The van der Waals surface area contributed by atoms with Crippen molar-refractivity contribution in [2.75, 3.05) is 13.1 Å². The Bertz CT molecular complexity index is 286. The van der Waals surface area contributed by atoms with E-state index in [1.165, 1.54) is 0 Å². The summed E-state index contributed by atoms with van der Waals surface area (Å²) in [6, 6.07) is -1.33. The van der Waals surface area contributed by atoms with Crippen molar-refractivity contribution in [3.05, 3.63) is 0 Å². The fraction of sp³-hybridized carbons (Fsp3) is 0.800. The van der Waals surface area contributed by atoms with E-state index in [4.69, 9.17) is 10.2 Å². The molecule has 4 N–H and O–H groups in total. The molecule has 0 aromatic carbocycles. The maximum atomic E-state index is 12.2. The minimum absolute atomic E-state index is 0.106. The Balaban J connectivity index is 0.000000180. The molecule has 0 unspecified atom stereocenters. The number of hydrogen-bond acceptors (Lipinski definition) is 4. The molecule has 0 saturated carbocycles. The van der Waals surface area contributed by atoms with Crippen molar-refractivity contribution >= 4 is 11.9 Å². The van der Waals surface area contributed by atoms with Crippen LogP contribution < -0.4 is 10.6 Å². The first-order valence-corrected chi connectivity index (χ1v) is 5.60. The summed E-state index contributed by atoms with van der Waals surface area (Å²) < 4.78 is 24.4. The summed E-state index contributed by atoms with van der Waals surface area (Å²) in [6.45, 7) is 0.355. The Morgan fingerprint density at radius 2 is 1.22 bits per heavy atom. The van der Waals surface area contributed by atoms with E-state index >= 15 is 0 Å². The van der Waals surface area contributed by atoms with Gasteiger partial charge in [0.25, 0.3) is 0 Å². The zero-order valence-corrected chi connectivity index (χ0v) is 9.60. The van der Waals surface area contributed by atoms with Crippen molar-refractivity contribution in [2.24, 2.45) is 0 Å². The number of rotatable bonds is 2. The molecule has 0 radical (unpaired) electrons. The molecule has 4 atom stereocenters. The Hall–Kier alpha value is -1.28. The van der Waals surface area contributed by atoms with Crippen molar-refractivity contribution < 1.29 is 28.6 Å². The average Bonchev–Trinajstić information content (AvgIpc) is 2.88. The molecule has 104 valence electrons. The van der Waals surface area contributed by atoms with Gasteiger partial charge in [0.05, 0.1) is 0 Å². The zero-order chi connectivity index (χ0) is 13.7. The second kappa shape index (κ2) is 6.60. The van der Waals surface area contributed by atoms with E-state index in [-0.39, 0.29) is 25.9 Å². The van der Waals surface area contributed by atoms with Gasteiger partial charge in [0.15, 0.2) is 0 Å². The number of nitrogens with one attached hydrogen (secondary N) is 2. The fourth-order valence-corrected chi connectivity index (χ4v) is 1.76. The van der Waals surface area contributed by atoms with Crippen LogP contribution in [0.3, 0.4) is 0 Å². The van der Waals surface area contributed by atoms with Crippen molar-refractivity contribution in [1.29, 1.82) is 0 Å². The first-order valence-electron chi connectivity index (χ1n) is 5.60. The quantitative estimate of drug-likeness (QED) is 0.540. The summed E-state index contributed by atoms with van der Waals surface area (Å²) in [5, 5.41) is 21.7. The molecule has 0 aromatic heterocycles. The lowest BCUT2D eigenvalue weighted by Gasteiger charge is -1.99. The summed E-state index contributed by atoms with van der Waals surface area (Å²) in [5.74, 6) is -1.93. The molecule has 0 spiro atoms. The monoisotopic (exact) mass is 266 g/mol. The largest absolute Gasteiger partial charge is 0.480 e. The standard InChI is InChI=1S/2C5H8FNO2/c2*6-3-1-4(5(8)9)7-2-3/h2*3-4,7H,1-2H2,(H,8,9)/t2*3-,4+/m10/s1. The van der Waals surface area contributed by atoms with Gasteiger partial charge in [-0.25, -0.2) is 8.78 Å². The molecule has 18 heavy (non-hydrogen) atoms. The molecular weight excluding hydrogens is 250 g/mol. The number of hydrogen-bond donors (Lipinski definition) is 4. The summed E-state index contributed by atoms with van der Waals surface area (Å²) in [4.78, 5) is 20.2. The second-order valence-corrected chi connectivity index (χ2v) is 4.26. The highest BCUT2D eigenvalue weighted by Gasteiger charge is 2.29. The predicted molar refractivity (Wildman–Crippen MR) is 57.9 cm³/mol. The number of halogens is 2. The molecule has 2 aliphatic heterocycles. The lowest BCUT2D eigenvalue weighted by atomic mass is 10.2. The molecule has 2 heterocycles. The fourth-order valence-electron chi connectivity index (χ4n) is 1.76. The van der Waals surface area contributed by atoms with Crippen LogP contribution in [0, 0.1) is 0 Å². The van der Waals surface area contributed by atoms with Gasteiger partial charge in [-0.05, 0) is 0 Å². The van der Waals surface area contributed by atoms with Gasteiger partial charge in [0.2, 0.25) is 0 Å². The Morgan fingerprint density at radius 1 is 0.889 bits per heavy atom. The van der Waals surface area contributed by atoms with Crippen LogP contribution in [0.1, 0.15) is 12.8 Å². The highest BCUT2D eigenvalue weighted by molar-refractivity contribution is 5.74. The van der Waals surface area contributed by atoms with E-state index < -0.39 is 36.4 Å². The molecule has 6 nitrogen and oxygen atoms in total. The normalized spacial score (nSPS) is 34.8. The lowest BCUT2D eigenvalue weighted by molar-refractivity contribution is -0.140. The summed E-state index contributed by atoms with van der Waals surface area (Å²) >= 11 is 0. The third-order valence-electron chi connectivity index (χ3n) is 2.75. The van der Waals surface area contributed by atoms with Gasteiger partial charge in [-0.1, -0.05) is 0 Å². The van der Waals surface area contributed by atoms with Crippen LogP contribution in [-0.2, 0) is 9.59 Å². The van der Waals surface area contributed by atoms with Crippen molar-refractivity contribution in [1.82, 2.24) is 10.6 Å². The van der Waals surface area contributed by atoms with Crippen LogP contribution >= 0.6 is 0 Å². The van der Waals surface area contributed by atoms with Crippen LogP contribution in [0.2, 0.25) is 0 Å². The molecule has 0 aliphatic carbocycles. The van der Waals surface area contributed by atoms with E-state index in [0.717, 1.165) is 0 Å². The van der Waals surface area contributed by atoms with E-state index in [2.05, 4.69) is 10.6 Å². The maximum Gasteiger partial charge on any atom is 0.320 e. The van der Waals surface area contributed by atoms with Crippen molar-refractivity contribution in [3.63, 3.8) is 0 Å². The van der Waals surface area contributed by atoms with Gasteiger partial charge in [0, 0.05) is 25.9 Å². The summed E-state index contributed by atoms with van der Waals surface area (Å²) in [5.41, 5.74) is 0. The lowest BCUT2D eigenvalue weighted by Crippen LogP contribution is -2.29. The van der Waals surface area contributed by atoms with E-state index in [9.17, 15) is 18.4 Å². The molecule has 2 fully saturated rings. The first kappa shape index (κ1) is 14.8. The van der Waals surface area contributed by atoms with Gasteiger partial charge >= 0.3 is 11.9 Å². The van der Waals surface area contributed by atoms with Gasteiger partial charge in [-0.15, -0.1) is 0 Å². The number of carboxylic acid groups (broad SMARTS) is 2. The Morgan fingerprint density at radius 3 is 1.33 bits per heavy atom. The topological polar surface area (TPSA) is 98.7 Å². The summed E-state index contributed by atoms with van der Waals surface area (Å²) in [6.07, 6.45) is -1.75. The predicted octanol–water partition coefficient (Wildman–Crippen LogP) is -0.458. The highest BCUT2D eigenvalue weighted by atomic mass is 19.1. The Labute approximate surface area is 102 Å². The molecular formula is C10H16F2N2O4. The molecule has 0 amide bonds. The molecule has 2 rings (SSSR count). The van der Waals surface area contributed by atoms with Crippen molar-refractivity contribution in [2.45, 2.75) is 37.3 Å². The van der Waals surface area contributed by atoms with Crippen LogP contribution in [0.4, 0.5) is 8.78 Å². The number of carbonyl (C=O) groups is 2. The highest BCUT2D eigenvalue weighted by Crippen LogP contribution is 2.09. The number of aliphatic carboxylic acids is 2. The van der Waals surface area contributed by atoms with Crippen LogP contribution in [0.25, 0.3) is 0 Å². The van der Waals surface area contributed by atoms with Crippen LogP contribution in [-0.4, -0.2) is 59.7 Å². The van der Waals surface area contributed by atoms with E-state index in [1.807, 2.05) is 0 Å². The molecule has 0 bridgehead atoms. The number of carboxylic acids is 2. The maximum absolute atomic E-state index is 12.2. The Kier molecular flexibility index (Phi) is 5.42. The minimum Gasteiger partial charge on any atom is -0.480 e. The third-order valence-corrected chi connectivity index (χ3v) is 2.75. The van der Waals surface area contributed by atoms with Gasteiger partial charge in [0.1, 0.15) is 24.4 Å². The van der Waals surface area contributed by atoms with Crippen LogP contribution in [0.5, 0.6) is 0 Å². The van der Waals surface area contributed by atoms with Gasteiger partial charge < -0.3 is 20.8 Å². The van der Waals surface area contributed by atoms with Crippen LogP contribution in [0.15, 0.2) is 0 Å². The average molecular weight is 266 g/mol. The molecule has 2 saturated heterocycles. The van der Waals surface area contributed by atoms with E-state index in [1.54, 1.807) is 0 Å². The molecule has 8 heteroatoms. The minimum atomic E-state index is -0.980. The van der Waals surface area contributed by atoms with Crippen molar-refractivity contribution in [3.8, 4) is 0 Å². The summed E-state index contributed by atoms with van der Waals surface area (Å²) in [7, 11) is 0. The van der Waals surface area contributed by atoms with E-state index in [0.29, 0.717) is 0 Å².